The van der Waals surface area contributed by atoms with Crippen LogP contribution in [-0.2, 0) is 9.53 Å². The maximum atomic E-state index is 12.5. The van der Waals surface area contributed by atoms with Crippen molar-refractivity contribution >= 4 is 5.97 Å². The summed E-state index contributed by atoms with van der Waals surface area (Å²) in [5.74, 6) is 3.85. The van der Waals surface area contributed by atoms with Gasteiger partial charge in [0.05, 0.1) is 0 Å². The molecule has 0 amide bonds. The first-order chi connectivity index (χ1) is 10.9. The second-order valence-corrected chi connectivity index (χ2v) is 8.97. The van der Waals surface area contributed by atoms with Gasteiger partial charge in [0.15, 0.2) is 0 Å². The van der Waals surface area contributed by atoms with E-state index in [1.54, 1.807) is 6.92 Å². The molecule has 4 rings (SSSR count). The van der Waals surface area contributed by atoms with Crippen LogP contribution in [0, 0.1) is 35.5 Å². The first kappa shape index (κ1) is 17.0. The van der Waals surface area contributed by atoms with Crippen LogP contribution in [0.3, 0.4) is 0 Å². The smallest absolute Gasteiger partial charge is 0.333 e. The lowest BCUT2D eigenvalue weighted by Gasteiger charge is -2.63. The van der Waals surface area contributed by atoms with Crippen LogP contribution in [0.25, 0.3) is 0 Å². The lowest BCUT2D eigenvalue weighted by Crippen LogP contribution is -2.64. The van der Waals surface area contributed by atoms with Crippen molar-refractivity contribution < 1.29 is 9.53 Å². The third-order valence-corrected chi connectivity index (χ3v) is 7.02. The van der Waals surface area contributed by atoms with Crippen molar-refractivity contribution in [3.8, 4) is 0 Å². The molecule has 2 nitrogen and oxygen atoms in total. The lowest BCUT2D eigenvalue weighted by molar-refractivity contribution is -0.232. The molecule has 4 bridgehead atoms. The summed E-state index contributed by atoms with van der Waals surface area (Å²) in [6, 6.07) is 0. The van der Waals surface area contributed by atoms with Crippen molar-refractivity contribution in [2.45, 2.75) is 78.2 Å². The van der Waals surface area contributed by atoms with Gasteiger partial charge in [0.1, 0.15) is 5.60 Å². The molecule has 0 saturated heterocycles. The molecule has 4 saturated carbocycles. The zero-order valence-electron chi connectivity index (χ0n) is 15.4. The third kappa shape index (κ3) is 2.76. The van der Waals surface area contributed by atoms with Crippen LogP contribution >= 0.6 is 0 Å². The van der Waals surface area contributed by atoms with Crippen molar-refractivity contribution in [3.63, 3.8) is 0 Å². The Balaban J connectivity index is 1.99. The molecule has 4 fully saturated rings. The maximum Gasteiger partial charge on any atom is 0.333 e. The molecule has 0 N–H and O–H groups in total. The van der Waals surface area contributed by atoms with E-state index in [1.165, 1.54) is 44.9 Å². The van der Waals surface area contributed by atoms with Crippen LogP contribution in [0.5, 0.6) is 0 Å². The quantitative estimate of drug-likeness (QED) is 0.486. The average molecular weight is 319 g/mol. The molecule has 0 heterocycles. The van der Waals surface area contributed by atoms with E-state index in [2.05, 4.69) is 27.4 Å². The molecule has 130 valence electrons. The van der Waals surface area contributed by atoms with Gasteiger partial charge in [-0.05, 0) is 75.0 Å². The van der Waals surface area contributed by atoms with E-state index in [-0.39, 0.29) is 11.6 Å². The summed E-state index contributed by atoms with van der Waals surface area (Å²) < 4.78 is 6.41. The zero-order valence-corrected chi connectivity index (χ0v) is 15.4. The lowest BCUT2D eigenvalue weighted by atomic mass is 9.46. The molecule has 0 aromatic carbocycles. The molecule has 2 heteroatoms. The van der Waals surface area contributed by atoms with E-state index < -0.39 is 0 Å². The average Bonchev–Trinajstić information content (AvgIpc) is 2.47. The fraction of sp³-hybridized carbons (Fsp3) is 0.857. The van der Waals surface area contributed by atoms with Crippen LogP contribution < -0.4 is 0 Å². The Labute approximate surface area is 142 Å². The Hall–Kier alpha value is -0.790. The Kier molecular flexibility index (Phi) is 4.64. The molecule has 23 heavy (non-hydrogen) atoms. The standard InChI is InChI=1S/C21H34O2/c1-6-7-19(13(2)3)21(23-20(22)14(4)5)17-9-15-8-16(11-17)12-18(21)10-15/h13,15-19H,4,6-12H2,1-3,5H3. The minimum absolute atomic E-state index is 0.153. The first-order valence-electron chi connectivity index (χ1n) is 9.77. The molecular formula is C21H34O2. The van der Waals surface area contributed by atoms with Gasteiger partial charge in [-0.25, -0.2) is 4.79 Å². The summed E-state index contributed by atoms with van der Waals surface area (Å²) in [7, 11) is 0. The predicted molar refractivity (Wildman–Crippen MR) is 93.9 cm³/mol. The molecule has 4 aliphatic rings. The van der Waals surface area contributed by atoms with Crippen LogP contribution in [0.1, 0.15) is 72.6 Å². The molecule has 0 aliphatic heterocycles. The van der Waals surface area contributed by atoms with Gasteiger partial charge in [-0.1, -0.05) is 33.8 Å². The summed E-state index contributed by atoms with van der Waals surface area (Å²) in [4.78, 5) is 12.5. The number of esters is 1. The second-order valence-electron chi connectivity index (χ2n) is 8.97. The van der Waals surface area contributed by atoms with E-state index in [1.807, 2.05) is 0 Å². The maximum absolute atomic E-state index is 12.5. The fourth-order valence-corrected chi connectivity index (χ4v) is 6.41. The van der Waals surface area contributed by atoms with Crippen molar-refractivity contribution in [3.05, 3.63) is 12.2 Å². The summed E-state index contributed by atoms with van der Waals surface area (Å²) in [6.45, 7) is 12.5. The van der Waals surface area contributed by atoms with Gasteiger partial charge in [-0.3, -0.25) is 0 Å². The van der Waals surface area contributed by atoms with Gasteiger partial charge in [0.25, 0.3) is 0 Å². The van der Waals surface area contributed by atoms with Gasteiger partial charge in [0, 0.05) is 11.5 Å². The molecule has 1 unspecified atom stereocenters. The van der Waals surface area contributed by atoms with E-state index in [0.29, 0.717) is 29.2 Å². The van der Waals surface area contributed by atoms with Crippen LogP contribution in [-0.4, -0.2) is 11.6 Å². The molecule has 0 aromatic rings. The fourth-order valence-electron chi connectivity index (χ4n) is 6.41. The number of hydrogen-bond donors (Lipinski definition) is 0. The third-order valence-electron chi connectivity index (χ3n) is 7.02. The van der Waals surface area contributed by atoms with Crippen LogP contribution in [0.2, 0.25) is 0 Å². The van der Waals surface area contributed by atoms with Crippen molar-refractivity contribution in [2.24, 2.45) is 35.5 Å². The minimum atomic E-state index is -0.215. The number of rotatable bonds is 6. The largest absolute Gasteiger partial charge is 0.455 e. The van der Waals surface area contributed by atoms with Gasteiger partial charge in [0.2, 0.25) is 0 Å². The van der Waals surface area contributed by atoms with Gasteiger partial charge < -0.3 is 4.74 Å². The Morgan fingerprint density at radius 1 is 1.13 bits per heavy atom. The van der Waals surface area contributed by atoms with Crippen LogP contribution in [0.15, 0.2) is 12.2 Å². The Morgan fingerprint density at radius 3 is 2.04 bits per heavy atom. The summed E-state index contributed by atoms with van der Waals surface area (Å²) >= 11 is 0. The highest BCUT2D eigenvalue weighted by molar-refractivity contribution is 5.87. The van der Waals surface area contributed by atoms with E-state index >= 15 is 0 Å². The SMILES string of the molecule is C=C(C)C(=O)OC1(C(CCC)C(C)C)C2CC3CC(C2)CC1C3. The monoisotopic (exact) mass is 318 g/mol. The van der Waals surface area contributed by atoms with Crippen molar-refractivity contribution in [1.82, 2.24) is 0 Å². The minimum Gasteiger partial charge on any atom is -0.455 e. The van der Waals surface area contributed by atoms with Crippen molar-refractivity contribution in [2.75, 3.05) is 0 Å². The molecule has 0 aromatic heterocycles. The van der Waals surface area contributed by atoms with E-state index in [0.717, 1.165) is 11.8 Å². The zero-order chi connectivity index (χ0) is 16.8. The van der Waals surface area contributed by atoms with Gasteiger partial charge in [-0.2, -0.15) is 0 Å². The topological polar surface area (TPSA) is 26.3 Å². The predicted octanol–water partition coefficient (Wildman–Crippen LogP) is 5.37. The second kappa shape index (κ2) is 6.26. The normalized spacial score (nSPS) is 39.5. The highest BCUT2D eigenvalue weighted by Gasteiger charge is 2.62. The molecule has 0 spiro atoms. The summed E-state index contributed by atoms with van der Waals surface area (Å²) in [5.41, 5.74) is 0.338. The van der Waals surface area contributed by atoms with E-state index in [4.69, 9.17) is 4.74 Å². The number of hydrogen-bond acceptors (Lipinski definition) is 2. The number of carbonyl (C=O) groups excluding carboxylic acids is 1. The first-order valence-corrected chi connectivity index (χ1v) is 9.77. The molecule has 1 atom stereocenters. The van der Waals surface area contributed by atoms with E-state index in [9.17, 15) is 4.79 Å². The Morgan fingerprint density at radius 2 is 1.65 bits per heavy atom. The molecule has 4 aliphatic carbocycles. The highest BCUT2D eigenvalue weighted by Crippen LogP contribution is 2.63. The number of ether oxygens (including phenoxy) is 1. The van der Waals surface area contributed by atoms with Gasteiger partial charge in [-0.15, -0.1) is 0 Å². The summed E-state index contributed by atoms with van der Waals surface area (Å²) in [5, 5.41) is 0. The van der Waals surface area contributed by atoms with Crippen LogP contribution in [0.4, 0.5) is 0 Å². The number of carbonyl (C=O) groups is 1. The molecular weight excluding hydrogens is 284 g/mol. The highest BCUT2D eigenvalue weighted by atomic mass is 16.6. The summed E-state index contributed by atoms with van der Waals surface area (Å²) in [6.07, 6.45) is 8.89. The Bertz CT molecular complexity index is 448. The molecule has 0 radical (unpaired) electrons. The van der Waals surface area contributed by atoms with Gasteiger partial charge >= 0.3 is 5.97 Å². The van der Waals surface area contributed by atoms with Crippen molar-refractivity contribution in [1.29, 1.82) is 0 Å².